The monoisotopic (exact) mass is 350 g/mol. The quantitative estimate of drug-likeness (QED) is 0.629. The summed E-state index contributed by atoms with van der Waals surface area (Å²) in [6, 6.07) is 16.9. The fraction of sp³-hybridized carbons (Fsp3) is 0.409. The SMILES string of the molecule is Cc1cccc(NC(N)=NCc2ccc(CN3CCCC(C)C3)cc2)c1. The molecule has 1 aliphatic rings. The molecule has 1 atom stereocenters. The third-order valence-corrected chi connectivity index (χ3v) is 4.89. The van der Waals surface area contributed by atoms with Gasteiger partial charge in [-0.25, -0.2) is 4.99 Å². The summed E-state index contributed by atoms with van der Waals surface area (Å²) in [6.45, 7) is 8.48. The average molecular weight is 351 g/mol. The van der Waals surface area contributed by atoms with Gasteiger partial charge in [0.15, 0.2) is 5.96 Å². The molecule has 1 unspecified atom stereocenters. The number of hydrogen-bond donors (Lipinski definition) is 2. The number of nitrogens with zero attached hydrogens (tertiary/aromatic N) is 2. The molecule has 0 spiro atoms. The van der Waals surface area contributed by atoms with Gasteiger partial charge in [-0.05, 0) is 61.1 Å². The lowest BCUT2D eigenvalue weighted by atomic mass is 9.99. The van der Waals surface area contributed by atoms with Crippen LogP contribution in [0, 0.1) is 12.8 Å². The van der Waals surface area contributed by atoms with Gasteiger partial charge < -0.3 is 11.1 Å². The Balaban J connectivity index is 1.52. The molecule has 0 aliphatic carbocycles. The number of aryl methyl sites for hydroxylation is 1. The lowest BCUT2D eigenvalue weighted by Crippen LogP contribution is -2.33. The van der Waals surface area contributed by atoms with Gasteiger partial charge in [-0.3, -0.25) is 4.90 Å². The molecule has 2 aromatic carbocycles. The molecule has 0 saturated carbocycles. The number of nitrogens with one attached hydrogen (secondary N) is 1. The average Bonchev–Trinajstić information content (AvgIpc) is 2.61. The topological polar surface area (TPSA) is 53.6 Å². The van der Waals surface area contributed by atoms with E-state index < -0.39 is 0 Å². The molecule has 0 radical (unpaired) electrons. The highest BCUT2D eigenvalue weighted by Crippen LogP contribution is 2.18. The van der Waals surface area contributed by atoms with Gasteiger partial charge in [0.1, 0.15) is 0 Å². The molecule has 138 valence electrons. The first-order chi connectivity index (χ1) is 12.6. The van der Waals surface area contributed by atoms with Crippen molar-refractivity contribution in [1.82, 2.24) is 4.90 Å². The third kappa shape index (κ3) is 5.60. The molecule has 1 saturated heterocycles. The second-order valence-electron chi connectivity index (χ2n) is 7.49. The Bertz CT molecular complexity index is 736. The van der Waals surface area contributed by atoms with Crippen LogP contribution in [0.25, 0.3) is 0 Å². The minimum atomic E-state index is 0.446. The molecule has 2 aromatic rings. The molecule has 3 N–H and O–H groups in total. The van der Waals surface area contributed by atoms with Gasteiger partial charge in [-0.2, -0.15) is 0 Å². The first kappa shape index (κ1) is 18.5. The van der Waals surface area contributed by atoms with Crippen molar-refractivity contribution in [3.8, 4) is 0 Å². The highest BCUT2D eigenvalue weighted by molar-refractivity contribution is 5.92. The Morgan fingerprint density at radius 1 is 1.19 bits per heavy atom. The molecule has 1 fully saturated rings. The first-order valence-electron chi connectivity index (χ1n) is 9.52. The summed E-state index contributed by atoms with van der Waals surface area (Å²) in [5.41, 5.74) is 10.7. The van der Waals surface area contributed by atoms with Crippen molar-refractivity contribution in [3.05, 3.63) is 65.2 Å². The fourth-order valence-corrected chi connectivity index (χ4v) is 3.53. The number of likely N-dealkylation sites (tertiary alicyclic amines) is 1. The lowest BCUT2D eigenvalue weighted by molar-refractivity contribution is 0.176. The predicted molar refractivity (Wildman–Crippen MR) is 110 cm³/mol. The summed E-state index contributed by atoms with van der Waals surface area (Å²) < 4.78 is 0. The van der Waals surface area contributed by atoms with Crippen LogP contribution in [0.2, 0.25) is 0 Å². The number of piperidine rings is 1. The zero-order chi connectivity index (χ0) is 18.4. The van der Waals surface area contributed by atoms with E-state index in [1.807, 2.05) is 12.1 Å². The second kappa shape index (κ2) is 8.86. The molecule has 0 amide bonds. The van der Waals surface area contributed by atoms with Crippen LogP contribution in [-0.2, 0) is 13.1 Å². The van der Waals surface area contributed by atoms with E-state index in [4.69, 9.17) is 5.73 Å². The van der Waals surface area contributed by atoms with Gasteiger partial charge in [-0.15, -0.1) is 0 Å². The van der Waals surface area contributed by atoms with Crippen LogP contribution in [0.5, 0.6) is 0 Å². The van der Waals surface area contributed by atoms with E-state index in [2.05, 4.69) is 65.5 Å². The molecule has 4 nitrogen and oxygen atoms in total. The smallest absolute Gasteiger partial charge is 0.193 e. The van der Waals surface area contributed by atoms with Crippen LogP contribution in [0.1, 0.15) is 36.5 Å². The molecule has 4 heteroatoms. The molecular formula is C22H30N4. The maximum Gasteiger partial charge on any atom is 0.193 e. The predicted octanol–water partition coefficient (Wildman–Crippen LogP) is 4.15. The van der Waals surface area contributed by atoms with Crippen LogP contribution in [0.4, 0.5) is 5.69 Å². The van der Waals surface area contributed by atoms with Crippen LogP contribution in [0.15, 0.2) is 53.5 Å². The Kier molecular flexibility index (Phi) is 6.29. The molecule has 1 aliphatic heterocycles. The summed E-state index contributed by atoms with van der Waals surface area (Å²) in [5.74, 6) is 1.27. The highest BCUT2D eigenvalue weighted by Gasteiger charge is 2.15. The maximum absolute atomic E-state index is 6.00. The van der Waals surface area contributed by atoms with Gasteiger partial charge in [0.2, 0.25) is 0 Å². The zero-order valence-corrected chi connectivity index (χ0v) is 15.9. The Morgan fingerprint density at radius 3 is 2.69 bits per heavy atom. The van der Waals surface area contributed by atoms with E-state index in [1.165, 1.54) is 42.6 Å². The number of rotatable bonds is 5. The van der Waals surface area contributed by atoms with E-state index in [0.29, 0.717) is 12.5 Å². The van der Waals surface area contributed by atoms with Crippen LogP contribution in [-0.4, -0.2) is 23.9 Å². The van der Waals surface area contributed by atoms with Crippen molar-refractivity contribution < 1.29 is 0 Å². The minimum Gasteiger partial charge on any atom is -0.370 e. The van der Waals surface area contributed by atoms with E-state index in [0.717, 1.165) is 18.2 Å². The second-order valence-corrected chi connectivity index (χ2v) is 7.49. The van der Waals surface area contributed by atoms with E-state index in [9.17, 15) is 0 Å². The largest absolute Gasteiger partial charge is 0.370 e. The number of anilines is 1. The van der Waals surface area contributed by atoms with E-state index >= 15 is 0 Å². The number of hydrogen-bond acceptors (Lipinski definition) is 2. The Labute approximate surface area is 157 Å². The van der Waals surface area contributed by atoms with Crippen molar-refractivity contribution in [2.45, 2.75) is 39.8 Å². The molecule has 0 bridgehead atoms. The molecule has 0 aromatic heterocycles. The summed E-state index contributed by atoms with van der Waals surface area (Å²) in [4.78, 5) is 7.01. The Morgan fingerprint density at radius 2 is 1.96 bits per heavy atom. The van der Waals surface area contributed by atoms with Gasteiger partial charge in [0.05, 0.1) is 6.54 Å². The normalized spacial score (nSPS) is 18.7. The number of nitrogens with two attached hydrogens (primary N) is 1. The van der Waals surface area contributed by atoms with Crippen molar-refractivity contribution in [1.29, 1.82) is 0 Å². The maximum atomic E-state index is 6.00. The van der Waals surface area contributed by atoms with Crippen molar-refractivity contribution in [2.75, 3.05) is 18.4 Å². The lowest BCUT2D eigenvalue weighted by Gasteiger charge is -2.30. The summed E-state index contributed by atoms with van der Waals surface area (Å²) in [7, 11) is 0. The molecular weight excluding hydrogens is 320 g/mol. The first-order valence-corrected chi connectivity index (χ1v) is 9.52. The van der Waals surface area contributed by atoms with E-state index in [-0.39, 0.29) is 0 Å². The molecule has 3 rings (SSSR count). The number of benzene rings is 2. The van der Waals surface area contributed by atoms with Gasteiger partial charge in [0.25, 0.3) is 0 Å². The Hall–Kier alpha value is -2.33. The highest BCUT2D eigenvalue weighted by atomic mass is 15.1. The summed E-state index contributed by atoms with van der Waals surface area (Å²) >= 11 is 0. The summed E-state index contributed by atoms with van der Waals surface area (Å²) in [6.07, 6.45) is 2.69. The van der Waals surface area contributed by atoms with Gasteiger partial charge >= 0.3 is 0 Å². The molecule has 1 heterocycles. The van der Waals surface area contributed by atoms with Crippen molar-refractivity contribution in [2.24, 2.45) is 16.6 Å². The zero-order valence-electron chi connectivity index (χ0n) is 15.9. The van der Waals surface area contributed by atoms with Crippen molar-refractivity contribution >= 4 is 11.6 Å². The third-order valence-electron chi connectivity index (χ3n) is 4.89. The number of aliphatic imine (C=N–C) groups is 1. The van der Waals surface area contributed by atoms with Crippen LogP contribution < -0.4 is 11.1 Å². The summed E-state index contributed by atoms with van der Waals surface area (Å²) in [5, 5.41) is 3.14. The van der Waals surface area contributed by atoms with Crippen molar-refractivity contribution in [3.63, 3.8) is 0 Å². The van der Waals surface area contributed by atoms with Gasteiger partial charge in [0, 0.05) is 18.8 Å². The fourth-order valence-electron chi connectivity index (χ4n) is 3.53. The standard InChI is InChI=1S/C22H30N4/c1-17-5-3-7-21(13-17)25-22(23)24-14-19-8-10-20(11-9-19)16-26-12-4-6-18(2)15-26/h3,5,7-11,13,18H,4,6,12,14-16H2,1-2H3,(H3,23,24,25). The van der Waals surface area contributed by atoms with Crippen LogP contribution >= 0.6 is 0 Å². The molecule has 26 heavy (non-hydrogen) atoms. The minimum absolute atomic E-state index is 0.446. The van der Waals surface area contributed by atoms with Crippen LogP contribution in [0.3, 0.4) is 0 Å². The van der Waals surface area contributed by atoms with Gasteiger partial charge in [-0.1, -0.05) is 43.3 Å². The van der Waals surface area contributed by atoms with E-state index in [1.54, 1.807) is 0 Å². The number of guanidine groups is 1.